The van der Waals surface area contributed by atoms with Gasteiger partial charge in [-0.15, -0.1) is 0 Å². The van der Waals surface area contributed by atoms with Crippen LogP contribution in [0.5, 0.6) is 0 Å². The molecule has 0 unspecified atom stereocenters. The van der Waals surface area contributed by atoms with Gasteiger partial charge in [0.25, 0.3) is 0 Å². The zero-order chi connectivity index (χ0) is 51.4. The average molecular weight is 996 g/mol. The molecule has 6 nitrogen and oxygen atoms in total. The van der Waals surface area contributed by atoms with E-state index in [2.05, 4.69) is 69.4 Å². The Kier molecular flexibility index (Phi) is 57.7. The van der Waals surface area contributed by atoms with E-state index in [1.807, 2.05) is 0 Å². The molecule has 0 spiro atoms. The molecule has 6 heteroatoms. The van der Waals surface area contributed by atoms with E-state index in [0.717, 1.165) is 64.2 Å². The fourth-order valence-corrected chi connectivity index (χ4v) is 9.09. The Bertz CT molecular complexity index is 1230. The van der Waals surface area contributed by atoms with Crippen LogP contribution in [0.1, 0.15) is 329 Å². The van der Waals surface area contributed by atoms with Crippen molar-refractivity contribution in [2.75, 3.05) is 13.2 Å². The summed E-state index contributed by atoms with van der Waals surface area (Å²) in [5, 5.41) is 0. The molecule has 71 heavy (non-hydrogen) atoms. The fourth-order valence-electron chi connectivity index (χ4n) is 9.09. The van der Waals surface area contributed by atoms with Gasteiger partial charge in [-0.1, -0.05) is 275 Å². The molecule has 0 aromatic heterocycles. The summed E-state index contributed by atoms with van der Waals surface area (Å²) in [7, 11) is 0. The van der Waals surface area contributed by atoms with Gasteiger partial charge in [0.1, 0.15) is 13.2 Å². The van der Waals surface area contributed by atoms with Crippen LogP contribution in [0.4, 0.5) is 0 Å². The fraction of sp³-hybridized carbons (Fsp3) is 0.831. The lowest BCUT2D eigenvalue weighted by Gasteiger charge is -2.18. The molecule has 0 heterocycles. The molecule has 0 rings (SSSR count). The number of allylic oxidation sites excluding steroid dienone is 8. The molecule has 0 aromatic rings. The van der Waals surface area contributed by atoms with Gasteiger partial charge in [-0.05, 0) is 83.5 Å². The summed E-state index contributed by atoms with van der Waals surface area (Å²) in [6.45, 7) is 6.62. The predicted molar refractivity (Wildman–Crippen MR) is 307 cm³/mol. The Labute approximate surface area is 441 Å². The summed E-state index contributed by atoms with van der Waals surface area (Å²) in [5.74, 6) is -0.911. The molecule has 0 aliphatic carbocycles. The van der Waals surface area contributed by atoms with Crippen LogP contribution in [-0.2, 0) is 28.6 Å². The third-order valence-electron chi connectivity index (χ3n) is 13.8. The summed E-state index contributed by atoms with van der Waals surface area (Å²) < 4.78 is 16.9. The Morgan fingerprint density at radius 2 is 0.507 bits per heavy atom. The molecule has 0 aliphatic heterocycles. The molecule has 0 N–H and O–H groups in total. The highest BCUT2D eigenvalue weighted by molar-refractivity contribution is 5.71. The van der Waals surface area contributed by atoms with Gasteiger partial charge in [0, 0.05) is 19.3 Å². The van der Waals surface area contributed by atoms with Crippen LogP contribution in [0.3, 0.4) is 0 Å². The maximum Gasteiger partial charge on any atom is 0.306 e. The van der Waals surface area contributed by atoms with Crippen molar-refractivity contribution in [2.24, 2.45) is 0 Å². The minimum absolute atomic E-state index is 0.0864. The molecule has 414 valence electrons. The second-order valence-electron chi connectivity index (χ2n) is 21.0. The molecular formula is C65H118O6. The van der Waals surface area contributed by atoms with Gasteiger partial charge < -0.3 is 14.2 Å². The average Bonchev–Trinajstić information content (AvgIpc) is 3.37. The van der Waals surface area contributed by atoms with Gasteiger partial charge in [0.2, 0.25) is 0 Å². The second-order valence-corrected chi connectivity index (χ2v) is 21.0. The summed E-state index contributed by atoms with van der Waals surface area (Å²) in [4.78, 5) is 38.2. The third kappa shape index (κ3) is 58.1. The van der Waals surface area contributed by atoms with E-state index in [1.54, 1.807) is 0 Å². The van der Waals surface area contributed by atoms with Crippen molar-refractivity contribution in [2.45, 2.75) is 335 Å². The van der Waals surface area contributed by atoms with Gasteiger partial charge in [0.15, 0.2) is 6.10 Å². The number of carbonyl (C=O) groups is 3. The maximum atomic E-state index is 12.9. The van der Waals surface area contributed by atoms with Crippen molar-refractivity contribution in [3.05, 3.63) is 48.6 Å². The van der Waals surface area contributed by atoms with E-state index in [1.165, 1.54) is 218 Å². The van der Waals surface area contributed by atoms with Crippen LogP contribution in [0, 0.1) is 0 Å². The van der Waals surface area contributed by atoms with Gasteiger partial charge in [0.05, 0.1) is 0 Å². The first-order valence-electron chi connectivity index (χ1n) is 31.1. The highest BCUT2D eigenvalue weighted by atomic mass is 16.6. The van der Waals surface area contributed by atoms with E-state index >= 15 is 0 Å². The number of hydrogen-bond donors (Lipinski definition) is 0. The standard InChI is InChI=1S/C65H118O6/c1-4-7-10-13-16-19-22-25-28-30-31-32-33-35-38-40-43-46-49-52-55-58-64(67)70-61-62(71-65(68)59-56-53-50-47-44-41-36-27-24-21-18-15-12-9-6-3)60-69-63(66)57-54-51-48-45-42-39-37-34-29-26-23-20-17-14-11-8-5-2/h18,21,26-27,29,36,44,47,62H,4-17,19-20,22-25,28,30-35,37-43,45-46,48-61H2,1-3H3/b21-18-,29-26-,36-27-,47-44-/t62-/m1/s1. The van der Waals surface area contributed by atoms with E-state index in [0.29, 0.717) is 19.3 Å². The first-order valence-corrected chi connectivity index (χ1v) is 31.1. The maximum absolute atomic E-state index is 12.9. The van der Waals surface area contributed by atoms with Crippen molar-refractivity contribution in [1.82, 2.24) is 0 Å². The van der Waals surface area contributed by atoms with Crippen molar-refractivity contribution < 1.29 is 28.6 Å². The molecule has 0 amide bonds. The topological polar surface area (TPSA) is 78.9 Å². The molecule has 0 aliphatic rings. The molecule has 0 fully saturated rings. The van der Waals surface area contributed by atoms with Crippen molar-refractivity contribution in [1.29, 1.82) is 0 Å². The van der Waals surface area contributed by atoms with Crippen LogP contribution in [-0.4, -0.2) is 37.2 Å². The second kappa shape index (κ2) is 59.9. The summed E-state index contributed by atoms with van der Waals surface area (Å²) in [6.07, 6.45) is 74.0. The normalized spacial score (nSPS) is 12.3. The Hall–Kier alpha value is -2.63. The number of esters is 3. The monoisotopic (exact) mass is 995 g/mol. The Morgan fingerprint density at radius 1 is 0.282 bits per heavy atom. The van der Waals surface area contributed by atoms with E-state index in [-0.39, 0.29) is 37.5 Å². The van der Waals surface area contributed by atoms with Crippen LogP contribution < -0.4 is 0 Å². The number of hydrogen-bond acceptors (Lipinski definition) is 6. The molecule has 1 atom stereocenters. The third-order valence-corrected chi connectivity index (χ3v) is 13.8. The molecule has 0 bridgehead atoms. The first kappa shape index (κ1) is 68.4. The summed E-state index contributed by atoms with van der Waals surface area (Å²) in [6, 6.07) is 0. The van der Waals surface area contributed by atoms with Gasteiger partial charge in [-0.3, -0.25) is 14.4 Å². The van der Waals surface area contributed by atoms with Gasteiger partial charge in [-0.2, -0.15) is 0 Å². The molecular weight excluding hydrogens is 877 g/mol. The predicted octanol–water partition coefficient (Wildman–Crippen LogP) is 21.0. The van der Waals surface area contributed by atoms with Crippen molar-refractivity contribution in [3.8, 4) is 0 Å². The largest absolute Gasteiger partial charge is 0.462 e. The lowest BCUT2D eigenvalue weighted by Crippen LogP contribution is -2.30. The van der Waals surface area contributed by atoms with Crippen LogP contribution in [0.2, 0.25) is 0 Å². The van der Waals surface area contributed by atoms with E-state index in [4.69, 9.17) is 14.2 Å². The van der Waals surface area contributed by atoms with E-state index in [9.17, 15) is 14.4 Å². The number of carbonyl (C=O) groups excluding carboxylic acids is 3. The quantitative estimate of drug-likeness (QED) is 0.0261. The van der Waals surface area contributed by atoms with Crippen molar-refractivity contribution in [3.63, 3.8) is 0 Å². The molecule has 0 saturated heterocycles. The SMILES string of the molecule is CCCCC/C=C\C/C=C\C/C=C\CCCCC(=O)O[C@H](COC(=O)CCCCCCCCC/C=C\CCCCCCCC)COC(=O)CCCCCCCCCCCCCCCCCCCCCCC. The lowest BCUT2D eigenvalue weighted by atomic mass is 10.0. The minimum Gasteiger partial charge on any atom is -0.462 e. The zero-order valence-electron chi connectivity index (χ0n) is 47.5. The minimum atomic E-state index is -0.793. The number of ether oxygens (including phenoxy) is 3. The number of rotatable bonds is 57. The van der Waals surface area contributed by atoms with Crippen LogP contribution >= 0.6 is 0 Å². The lowest BCUT2D eigenvalue weighted by molar-refractivity contribution is -0.167. The Balaban J connectivity index is 4.35. The smallest absolute Gasteiger partial charge is 0.306 e. The van der Waals surface area contributed by atoms with Crippen molar-refractivity contribution >= 4 is 17.9 Å². The van der Waals surface area contributed by atoms with E-state index < -0.39 is 6.10 Å². The Morgan fingerprint density at radius 3 is 0.859 bits per heavy atom. The first-order chi connectivity index (χ1) is 35.0. The molecule has 0 aromatic carbocycles. The molecule has 0 saturated carbocycles. The van der Waals surface area contributed by atoms with Gasteiger partial charge in [-0.25, -0.2) is 0 Å². The molecule has 0 radical (unpaired) electrons. The van der Waals surface area contributed by atoms with Gasteiger partial charge >= 0.3 is 17.9 Å². The highest BCUT2D eigenvalue weighted by Gasteiger charge is 2.19. The highest BCUT2D eigenvalue weighted by Crippen LogP contribution is 2.17. The van der Waals surface area contributed by atoms with Crippen LogP contribution in [0.25, 0.3) is 0 Å². The van der Waals surface area contributed by atoms with Crippen LogP contribution in [0.15, 0.2) is 48.6 Å². The zero-order valence-corrected chi connectivity index (χ0v) is 47.5. The summed E-state index contributed by atoms with van der Waals surface area (Å²) >= 11 is 0. The number of unbranched alkanes of at least 4 members (excludes halogenated alkanes) is 38. The summed E-state index contributed by atoms with van der Waals surface area (Å²) in [5.41, 5.74) is 0.